The van der Waals surface area contributed by atoms with E-state index >= 15 is 0 Å². The molecule has 0 saturated heterocycles. The standard InChI is InChI=1S/C8H12F2/c1-6(2)8(10)5-4-7(3)9/h4H,5H2,1-3H3/b7-4+. The van der Waals surface area contributed by atoms with Crippen LogP contribution < -0.4 is 0 Å². The normalized spacial score (nSPS) is 11.5. The second-order valence-electron chi connectivity index (χ2n) is 2.40. The Morgan fingerprint density at radius 1 is 1.20 bits per heavy atom. The quantitative estimate of drug-likeness (QED) is 0.559. The zero-order valence-corrected chi connectivity index (χ0v) is 6.54. The van der Waals surface area contributed by atoms with Gasteiger partial charge in [-0.2, -0.15) is 0 Å². The fourth-order valence-corrected chi connectivity index (χ4v) is 0.434. The van der Waals surface area contributed by atoms with Gasteiger partial charge in [0.2, 0.25) is 0 Å². The maximum absolute atomic E-state index is 12.6. The van der Waals surface area contributed by atoms with E-state index in [0.717, 1.165) is 0 Å². The van der Waals surface area contributed by atoms with E-state index in [4.69, 9.17) is 0 Å². The molecule has 0 unspecified atom stereocenters. The maximum Gasteiger partial charge on any atom is 0.102 e. The van der Waals surface area contributed by atoms with Crippen LogP contribution in [0.2, 0.25) is 0 Å². The summed E-state index contributed by atoms with van der Waals surface area (Å²) in [5.41, 5.74) is 0.609. The van der Waals surface area contributed by atoms with Crippen LogP contribution in [0.4, 0.5) is 8.78 Å². The maximum atomic E-state index is 12.6. The van der Waals surface area contributed by atoms with E-state index in [1.807, 2.05) is 0 Å². The van der Waals surface area contributed by atoms with E-state index in [1.54, 1.807) is 13.8 Å². The molecular formula is C8H12F2. The lowest BCUT2D eigenvalue weighted by molar-refractivity contribution is 0.590. The Balaban J connectivity index is 3.94. The molecule has 0 nitrogen and oxygen atoms in total. The highest BCUT2D eigenvalue weighted by atomic mass is 19.1. The van der Waals surface area contributed by atoms with Gasteiger partial charge in [0.05, 0.1) is 5.83 Å². The molecule has 0 heterocycles. The van der Waals surface area contributed by atoms with Crippen molar-refractivity contribution in [3.63, 3.8) is 0 Å². The summed E-state index contributed by atoms with van der Waals surface area (Å²) in [4.78, 5) is 0. The lowest BCUT2D eigenvalue weighted by atomic mass is 10.2. The van der Waals surface area contributed by atoms with Gasteiger partial charge in [-0.05, 0) is 32.4 Å². The topological polar surface area (TPSA) is 0 Å². The van der Waals surface area contributed by atoms with Gasteiger partial charge in [0.1, 0.15) is 5.83 Å². The largest absolute Gasteiger partial charge is 0.212 e. The van der Waals surface area contributed by atoms with Crippen molar-refractivity contribution in [2.24, 2.45) is 0 Å². The van der Waals surface area contributed by atoms with Crippen molar-refractivity contribution in [3.8, 4) is 0 Å². The minimum Gasteiger partial charge on any atom is -0.212 e. The van der Waals surface area contributed by atoms with Gasteiger partial charge in [-0.15, -0.1) is 0 Å². The molecule has 0 aliphatic heterocycles. The molecule has 0 rings (SSSR count). The van der Waals surface area contributed by atoms with Crippen molar-refractivity contribution < 1.29 is 8.78 Å². The molecule has 0 aromatic heterocycles. The fourth-order valence-electron chi connectivity index (χ4n) is 0.434. The SMILES string of the molecule is CC(C)=C(F)C/C=C(\C)F. The van der Waals surface area contributed by atoms with Crippen molar-refractivity contribution in [1.82, 2.24) is 0 Å². The van der Waals surface area contributed by atoms with Crippen LogP contribution in [0.15, 0.2) is 23.3 Å². The molecule has 0 saturated carbocycles. The van der Waals surface area contributed by atoms with Gasteiger partial charge in [-0.1, -0.05) is 0 Å². The number of hydrogen-bond donors (Lipinski definition) is 0. The summed E-state index contributed by atoms with van der Waals surface area (Å²) >= 11 is 0. The predicted molar refractivity (Wildman–Crippen MR) is 39.0 cm³/mol. The van der Waals surface area contributed by atoms with Crippen LogP contribution >= 0.6 is 0 Å². The molecule has 0 bridgehead atoms. The van der Waals surface area contributed by atoms with Crippen LogP contribution in [0, 0.1) is 0 Å². The van der Waals surface area contributed by atoms with Crippen LogP contribution in [0.1, 0.15) is 27.2 Å². The second kappa shape index (κ2) is 4.20. The van der Waals surface area contributed by atoms with Crippen molar-refractivity contribution in [2.45, 2.75) is 27.2 Å². The molecule has 0 radical (unpaired) electrons. The van der Waals surface area contributed by atoms with Crippen molar-refractivity contribution >= 4 is 0 Å². The first-order valence-electron chi connectivity index (χ1n) is 3.18. The predicted octanol–water partition coefficient (Wildman–Crippen LogP) is 3.51. The Morgan fingerprint density at radius 2 is 1.70 bits per heavy atom. The van der Waals surface area contributed by atoms with Gasteiger partial charge in [0.15, 0.2) is 0 Å². The molecule has 58 valence electrons. The smallest absolute Gasteiger partial charge is 0.102 e. The van der Waals surface area contributed by atoms with Crippen molar-refractivity contribution in [2.75, 3.05) is 0 Å². The van der Waals surface area contributed by atoms with Crippen LogP contribution in [0.25, 0.3) is 0 Å². The third kappa shape index (κ3) is 4.24. The lowest BCUT2D eigenvalue weighted by Gasteiger charge is -1.93. The van der Waals surface area contributed by atoms with Crippen LogP contribution in [-0.4, -0.2) is 0 Å². The highest BCUT2D eigenvalue weighted by Crippen LogP contribution is 2.11. The van der Waals surface area contributed by atoms with E-state index in [0.29, 0.717) is 5.57 Å². The minimum absolute atomic E-state index is 0.0741. The molecule has 0 amide bonds. The van der Waals surface area contributed by atoms with Gasteiger partial charge < -0.3 is 0 Å². The molecule has 0 aromatic carbocycles. The van der Waals surface area contributed by atoms with Crippen molar-refractivity contribution in [1.29, 1.82) is 0 Å². The molecule has 2 heteroatoms. The van der Waals surface area contributed by atoms with Gasteiger partial charge >= 0.3 is 0 Å². The first kappa shape index (κ1) is 9.34. The van der Waals surface area contributed by atoms with Gasteiger partial charge in [0, 0.05) is 6.42 Å². The second-order valence-corrected chi connectivity index (χ2v) is 2.40. The van der Waals surface area contributed by atoms with E-state index in [9.17, 15) is 8.78 Å². The molecule has 0 fully saturated rings. The molecule has 10 heavy (non-hydrogen) atoms. The number of hydrogen-bond acceptors (Lipinski definition) is 0. The minimum atomic E-state index is -0.337. The summed E-state index contributed by atoms with van der Waals surface area (Å²) in [6.45, 7) is 4.63. The van der Waals surface area contributed by atoms with Crippen molar-refractivity contribution in [3.05, 3.63) is 23.3 Å². The van der Waals surface area contributed by atoms with Gasteiger partial charge in [-0.3, -0.25) is 0 Å². The first-order chi connectivity index (χ1) is 4.54. The Kier molecular flexibility index (Phi) is 3.93. The monoisotopic (exact) mass is 146 g/mol. The molecule has 0 spiro atoms. The highest BCUT2D eigenvalue weighted by Gasteiger charge is 1.94. The van der Waals surface area contributed by atoms with Crippen LogP contribution in [0.3, 0.4) is 0 Å². The number of rotatable bonds is 2. The average molecular weight is 146 g/mol. The summed E-state index contributed by atoms with van der Waals surface area (Å²) in [7, 11) is 0. The molecular weight excluding hydrogens is 134 g/mol. The zero-order chi connectivity index (χ0) is 8.15. The average Bonchev–Trinajstić information content (AvgIpc) is 1.82. The summed E-state index contributed by atoms with van der Waals surface area (Å²) in [6, 6.07) is 0. The Bertz CT molecular complexity index is 158. The summed E-state index contributed by atoms with van der Waals surface area (Å²) in [6.07, 6.45) is 1.30. The molecule has 0 N–H and O–H groups in total. The Hall–Kier alpha value is -0.660. The third-order valence-corrected chi connectivity index (χ3v) is 1.11. The summed E-state index contributed by atoms with van der Waals surface area (Å²) in [5.74, 6) is -0.589. The third-order valence-electron chi connectivity index (χ3n) is 1.11. The first-order valence-corrected chi connectivity index (χ1v) is 3.18. The zero-order valence-electron chi connectivity index (χ0n) is 6.54. The van der Waals surface area contributed by atoms with E-state index in [2.05, 4.69) is 0 Å². The Labute approximate surface area is 60.2 Å². The fraction of sp³-hybridized carbons (Fsp3) is 0.500. The molecule has 0 aliphatic carbocycles. The number of halogens is 2. The Morgan fingerprint density at radius 3 is 2.00 bits per heavy atom. The van der Waals surface area contributed by atoms with E-state index in [1.165, 1.54) is 13.0 Å². The summed E-state index contributed by atoms with van der Waals surface area (Å²) in [5, 5.41) is 0. The number of allylic oxidation sites excluding steroid dienone is 4. The van der Waals surface area contributed by atoms with Gasteiger partial charge in [-0.25, -0.2) is 8.78 Å². The van der Waals surface area contributed by atoms with Crippen LogP contribution in [-0.2, 0) is 0 Å². The molecule has 0 aromatic rings. The lowest BCUT2D eigenvalue weighted by Crippen LogP contribution is -1.75. The van der Waals surface area contributed by atoms with Crippen LogP contribution in [0.5, 0.6) is 0 Å². The van der Waals surface area contributed by atoms with E-state index < -0.39 is 0 Å². The van der Waals surface area contributed by atoms with Gasteiger partial charge in [0.25, 0.3) is 0 Å². The molecule has 0 atom stereocenters. The highest BCUT2D eigenvalue weighted by molar-refractivity contribution is 5.07. The summed E-state index contributed by atoms with van der Waals surface area (Å²) < 4.78 is 24.6. The molecule has 0 aliphatic rings. The van der Waals surface area contributed by atoms with E-state index in [-0.39, 0.29) is 18.1 Å².